The molecule has 2 heterocycles. The molecule has 1 amide bonds. The highest BCUT2D eigenvalue weighted by Crippen LogP contribution is 2.44. The van der Waals surface area contributed by atoms with Crippen LogP contribution in [0.15, 0.2) is 34.9 Å². The van der Waals surface area contributed by atoms with Crippen molar-refractivity contribution in [3.8, 4) is 0 Å². The number of fused-ring (bicyclic) bond motifs is 1. The van der Waals surface area contributed by atoms with Gasteiger partial charge in [0.25, 0.3) is 5.91 Å². The number of amides is 1. The molecule has 0 radical (unpaired) electrons. The third-order valence-corrected chi connectivity index (χ3v) is 5.97. The quantitative estimate of drug-likeness (QED) is 0.684. The number of carbonyl (C=O) groups excluding carboxylic acids is 1. The van der Waals surface area contributed by atoms with Crippen molar-refractivity contribution in [2.75, 3.05) is 5.32 Å². The fourth-order valence-electron chi connectivity index (χ4n) is 3.98. The summed E-state index contributed by atoms with van der Waals surface area (Å²) in [6, 6.07) is 4.86. The van der Waals surface area contributed by atoms with Crippen molar-refractivity contribution in [3.63, 3.8) is 0 Å². The van der Waals surface area contributed by atoms with Crippen LogP contribution in [0, 0.1) is 0 Å². The third kappa shape index (κ3) is 3.76. The monoisotopic (exact) mass is 456 g/mol. The predicted octanol–water partition coefficient (Wildman–Crippen LogP) is 4.98. The first-order valence-electron chi connectivity index (χ1n) is 9.30. The lowest BCUT2D eigenvalue weighted by Gasteiger charge is -2.34. The largest absolute Gasteiger partial charge is 0.410 e. The second-order valence-electron chi connectivity index (χ2n) is 7.35. The zero-order valence-corrected chi connectivity index (χ0v) is 16.6. The average Bonchev–Trinajstić information content (AvgIpc) is 3.30. The van der Waals surface area contributed by atoms with Crippen molar-refractivity contribution in [2.24, 2.45) is 0 Å². The first-order chi connectivity index (χ1) is 13.3. The molecule has 0 unspecified atom stereocenters. The molecule has 2 aliphatic rings. The summed E-state index contributed by atoms with van der Waals surface area (Å²) in [5.41, 5.74) is 0.884. The Kier molecular flexibility index (Phi) is 5.11. The fourth-order valence-corrected chi connectivity index (χ4v) is 4.24. The SMILES string of the molecule is O=C(NC1CCCC1)c1cnn2c1N[C@H](c1ccc(Br)cc1)C[C@@H]2C(F)(F)F. The van der Waals surface area contributed by atoms with Gasteiger partial charge < -0.3 is 10.6 Å². The van der Waals surface area contributed by atoms with E-state index >= 15 is 0 Å². The average molecular weight is 457 g/mol. The molecule has 5 nitrogen and oxygen atoms in total. The number of hydrogen-bond acceptors (Lipinski definition) is 3. The van der Waals surface area contributed by atoms with Gasteiger partial charge in [-0.1, -0.05) is 40.9 Å². The predicted molar refractivity (Wildman–Crippen MR) is 102 cm³/mol. The van der Waals surface area contributed by atoms with Crippen LogP contribution in [0.25, 0.3) is 0 Å². The number of hydrogen-bond donors (Lipinski definition) is 2. The van der Waals surface area contributed by atoms with Crippen LogP contribution in [0.5, 0.6) is 0 Å². The van der Waals surface area contributed by atoms with Crippen LogP contribution >= 0.6 is 15.9 Å². The van der Waals surface area contributed by atoms with Crippen LogP contribution in [0.2, 0.25) is 0 Å². The molecule has 4 rings (SSSR count). The summed E-state index contributed by atoms with van der Waals surface area (Å²) in [5, 5.41) is 9.95. The highest BCUT2D eigenvalue weighted by Gasteiger charge is 2.47. The molecular formula is C19H20BrF3N4O. The molecule has 1 aliphatic heterocycles. The molecule has 2 aromatic rings. The van der Waals surface area contributed by atoms with Crippen LogP contribution in [-0.2, 0) is 0 Å². The Morgan fingerprint density at radius 3 is 2.54 bits per heavy atom. The van der Waals surface area contributed by atoms with Gasteiger partial charge in [-0.2, -0.15) is 18.3 Å². The molecule has 0 bridgehead atoms. The number of nitrogens with zero attached hydrogens (tertiary/aromatic N) is 2. The van der Waals surface area contributed by atoms with E-state index in [0.29, 0.717) is 0 Å². The van der Waals surface area contributed by atoms with Gasteiger partial charge in [-0.05, 0) is 30.5 Å². The number of benzene rings is 1. The van der Waals surface area contributed by atoms with Crippen LogP contribution in [0.3, 0.4) is 0 Å². The molecule has 1 aromatic heterocycles. The minimum Gasteiger partial charge on any atom is -0.363 e. The van der Waals surface area contributed by atoms with Gasteiger partial charge in [-0.25, -0.2) is 4.68 Å². The molecular weight excluding hydrogens is 437 g/mol. The molecule has 1 aliphatic carbocycles. The molecule has 1 aromatic carbocycles. The van der Waals surface area contributed by atoms with Gasteiger partial charge in [0.15, 0.2) is 6.04 Å². The van der Waals surface area contributed by atoms with Crippen molar-refractivity contribution in [1.82, 2.24) is 15.1 Å². The molecule has 1 fully saturated rings. The van der Waals surface area contributed by atoms with E-state index in [1.807, 2.05) is 0 Å². The minimum atomic E-state index is -4.46. The first kappa shape index (κ1) is 19.3. The second-order valence-corrected chi connectivity index (χ2v) is 8.26. The summed E-state index contributed by atoms with van der Waals surface area (Å²) in [5.74, 6) is -0.255. The lowest BCUT2D eigenvalue weighted by atomic mass is 9.96. The number of anilines is 1. The van der Waals surface area contributed by atoms with Crippen molar-refractivity contribution >= 4 is 27.7 Å². The van der Waals surface area contributed by atoms with Crippen LogP contribution in [0.1, 0.15) is 60.1 Å². The van der Waals surface area contributed by atoms with Crippen molar-refractivity contribution < 1.29 is 18.0 Å². The Bertz CT molecular complexity index is 859. The van der Waals surface area contributed by atoms with E-state index in [4.69, 9.17) is 0 Å². The fraction of sp³-hybridized carbons (Fsp3) is 0.474. The van der Waals surface area contributed by atoms with Gasteiger partial charge in [-0.3, -0.25) is 4.79 Å². The molecule has 0 saturated heterocycles. The molecule has 9 heteroatoms. The number of nitrogens with one attached hydrogen (secondary N) is 2. The zero-order valence-electron chi connectivity index (χ0n) is 15.0. The van der Waals surface area contributed by atoms with E-state index in [1.54, 1.807) is 24.3 Å². The molecule has 150 valence electrons. The zero-order chi connectivity index (χ0) is 19.9. The van der Waals surface area contributed by atoms with E-state index in [9.17, 15) is 18.0 Å². The first-order valence-corrected chi connectivity index (χ1v) is 10.1. The summed E-state index contributed by atoms with van der Waals surface area (Å²) in [6.45, 7) is 0. The summed E-state index contributed by atoms with van der Waals surface area (Å²) in [7, 11) is 0. The summed E-state index contributed by atoms with van der Waals surface area (Å²) >= 11 is 3.34. The number of aromatic nitrogens is 2. The van der Waals surface area contributed by atoms with Crippen molar-refractivity contribution in [2.45, 2.75) is 56.4 Å². The van der Waals surface area contributed by atoms with Gasteiger partial charge in [0.2, 0.25) is 0 Å². The third-order valence-electron chi connectivity index (χ3n) is 5.45. The Labute approximate surface area is 168 Å². The number of halogens is 4. The Hall–Kier alpha value is -2.03. The van der Waals surface area contributed by atoms with Gasteiger partial charge in [0.1, 0.15) is 11.4 Å². The minimum absolute atomic E-state index is 0.0762. The summed E-state index contributed by atoms with van der Waals surface area (Å²) in [4.78, 5) is 12.7. The Balaban J connectivity index is 1.66. The smallest absolute Gasteiger partial charge is 0.363 e. The maximum Gasteiger partial charge on any atom is 0.410 e. The van der Waals surface area contributed by atoms with Gasteiger partial charge >= 0.3 is 6.18 Å². The highest BCUT2D eigenvalue weighted by atomic mass is 79.9. The van der Waals surface area contributed by atoms with E-state index in [0.717, 1.165) is 40.4 Å². The highest BCUT2D eigenvalue weighted by molar-refractivity contribution is 9.10. The molecule has 2 N–H and O–H groups in total. The van der Waals surface area contributed by atoms with Gasteiger partial charge in [0.05, 0.1) is 12.2 Å². The van der Waals surface area contributed by atoms with Crippen LogP contribution in [0.4, 0.5) is 19.0 Å². The topological polar surface area (TPSA) is 59.0 Å². The second kappa shape index (κ2) is 7.42. The van der Waals surface area contributed by atoms with Gasteiger partial charge in [-0.15, -0.1) is 0 Å². The Morgan fingerprint density at radius 1 is 1.21 bits per heavy atom. The van der Waals surface area contributed by atoms with Crippen molar-refractivity contribution in [1.29, 1.82) is 0 Å². The molecule has 0 spiro atoms. The van der Waals surface area contributed by atoms with Crippen LogP contribution < -0.4 is 10.6 Å². The van der Waals surface area contributed by atoms with Crippen LogP contribution in [-0.4, -0.2) is 27.9 Å². The van der Waals surface area contributed by atoms with E-state index in [1.165, 1.54) is 6.20 Å². The molecule has 1 saturated carbocycles. The molecule has 28 heavy (non-hydrogen) atoms. The number of rotatable bonds is 3. The van der Waals surface area contributed by atoms with Crippen molar-refractivity contribution in [3.05, 3.63) is 46.1 Å². The summed E-state index contributed by atoms with van der Waals surface area (Å²) < 4.78 is 42.9. The Morgan fingerprint density at radius 2 is 1.89 bits per heavy atom. The number of carbonyl (C=O) groups is 1. The lowest BCUT2D eigenvalue weighted by Crippen LogP contribution is -2.37. The van der Waals surface area contributed by atoms with E-state index in [2.05, 4.69) is 31.7 Å². The lowest BCUT2D eigenvalue weighted by molar-refractivity contribution is -0.173. The van der Waals surface area contributed by atoms with E-state index in [-0.39, 0.29) is 29.8 Å². The standard InChI is InChI=1S/C19H20BrF3N4O/c20-12-7-5-11(6-8-12)15-9-16(19(21,22)23)27-17(26-15)14(10-24-27)18(28)25-13-3-1-2-4-13/h5-8,10,13,15-16,26H,1-4,9H2,(H,25,28)/t15-,16+/m0/s1. The normalized spacial score (nSPS) is 22.6. The summed E-state index contributed by atoms with van der Waals surface area (Å²) in [6.07, 6.45) is 0.480. The van der Waals surface area contributed by atoms with E-state index < -0.39 is 18.3 Å². The molecule has 2 atom stereocenters. The van der Waals surface area contributed by atoms with Gasteiger partial charge in [0, 0.05) is 16.9 Å². The maximum atomic E-state index is 13.7. The maximum absolute atomic E-state index is 13.7. The number of alkyl halides is 3.